The van der Waals surface area contributed by atoms with Gasteiger partial charge in [0.05, 0.1) is 0 Å². The van der Waals surface area contributed by atoms with Crippen LogP contribution in [0, 0.1) is 12.7 Å². The molecule has 2 rings (SSSR count). The topological polar surface area (TPSA) is 12.0 Å². The molecule has 106 valence electrons. The molecule has 0 saturated carbocycles. The van der Waals surface area contributed by atoms with E-state index in [9.17, 15) is 4.39 Å². The Kier molecular flexibility index (Phi) is 5.31. The van der Waals surface area contributed by atoms with Gasteiger partial charge in [-0.15, -0.1) is 0 Å². The first-order valence-electron chi connectivity index (χ1n) is 7.24. The van der Waals surface area contributed by atoms with Crippen molar-refractivity contribution in [3.8, 4) is 0 Å². The normalized spacial score (nSPS) is 12.3. The molecule has 1 N–H and O–H groups in total. The molecular formula is C18H22FN. The third kappa shape index (κ3) is 3.91. The molecule has 0 aliphatic carbocycles. The Labute approximate surface area is 120 Å². The summed E-state index contributed by atoms with van der Waals surface area (Å²) in [7, 11) is 0. The minimum atomic E-state index is -0.123. The van der Waals surface area contributed by atoms with E-state index in [-0.39, 0.29) is 11.9 Å². The quantitative estimate of drug-likeness (QED) is 0.820. The maximum atomic E-state index is 13.9. The molecule has 0 bridgehead atoms. The maximum Gasteiger partial charge on any atom is 0.127 e. The Morgan fingerprint density at radius 3 is 2.60 bits per heavy atom. The molecule has 0 heterocycles. The number of benzene rings is 2. The lowest BCUT2D eigenvalue weighted by molar-refractivity contribution is 0.485. The Morgan fingerprint density at radius 2 is 1.90 bits per heavy atom. The fourth-order valence-electron chi connectivity index (χ4n) is 2.55. The third-order valence-electron chi connectivity index (χ3n) is 3.54. The highest BCUT2D eigenvalue weighted by Gasteiger charge is 2.14. The molecule has 1 atom stereocenters. The molecular weight excluding hydrogens is 249 g/mol. The van der Waals surface area contributed by atoms with Crippen molar-refractivity contribution in [2.24, 2.45) is 0 Å². The van der Waals surface area contributed by atoms with Crippen LogP contribution in [-0.2, 0) is 6.42 Å². The highest BCUT2D eigenvalue weighted by molar-refractivity contribution is 5.24. The van der Waals surface area contributed by atoms with Gasteiger partial charge in [0.2, 0.25) is 0 Å². The number of rotatable bonds is 6. The molecule has 0 radical (unpaired) electrons. The minimum Gasteiger partial charge on any atom is -0.310 e. The summed E-state index contributed by atoms with van der Waals surface area (Å²) in [5.41, 5.74) is 3.35. The van der Waals surface area contributed by atoms with Gasteiger partial charge in [-0.25, -0.2) is 4.39 Å². The molecule has 2 aromatic carbocycles. The number of hydrogen-bond acceptors (Lipinski definition) is 1. The molecule has 2 aromatic rings. The zero-order valence-corrected chi connectivity index (χ0v) is 12.2. The molecule has 2 heteroatoms. The van der Waals surface area contributed by atoms with Crippen molar-refractivity contribution in [3.05, 3.63) is 71.0 Å². The van der Waals surface area contributed by atoms with Gasteiger partial charge >= 0.3 is 0 Å². The standard InChI is InChI=1S/C18H22FN/c1-3-20-18(16-9-4-5-10-17(16)19)12-11-15-8-6-7-14(2)13-15/h4-10,13,18,20H,3,11-12H2,1-2H3. The summed E-state index contributed by atoms with van der Waals surface area (Å²) in [6.07, 6.45) is 1.85. The summed E-state index contributed by atoms with van der Waals surface area (Å²) in [5.74, 6) is -0.123. The van der Waals surface area contributed by atoms with E-state index in [1.807, 2.05) is 12.1 Å². The van der Waals surface area contributed by atoms with E-state index in [1.165, 1.54) is 17.2 Å². The van der Waals surface area contributed by atoms with Gasteiger partial charge in [0.1, 0.15) is 5.82 Å². The van der Waals surface area contributed by atoms with Crippen LogP contribution in [0.4, 0.5) is 4.39 Å². The highest BCUT2D eigenvalue weighted by atomic mass is 19.1. The van der Waals surface area contributed by atoms with Crippen molar-refractivity contribution in [2.45, 2.75) is 32.7 Å². The largest absolute Gasteiger partial charge is 0.310 e. The van der Waals surface area contributed by atoms with Gasteiger partial charge in [-0.2, -0.15) is 0 Å². The molecule has 0 aromatic heterocycles. The first-order chi connectivity index (χ1) is 9.70. The van der Waals surface area contributed by atoms with Crippen LogP contribution in [0.1, 0.15) is 36.1 Å². The molecule has 0 aliphatic heterocycles. The highest BCUT2D eigenvalue weighted by Crippen LogP contribution is 2.22. The third-order valence-corrected chi connectivity index (χ3v) is 3.54. The molecule has 0 fully saturated rings. The summed E-state index contributed by atoms with van der Waals surface area (Å²) in [6, 6.07) is 15.6. The lowest BCUT2D eigenvalue weighted by atomic mass is 9.98. The second-order valence-corrected chi connectivity index (χ2v) is 5.16. The van der Waals surface area contributed by atoms with Crippen LogP contribution in [0.25, 0.3) is 0 Å². The van der Waals surface area contributed by atoms with E-state index in [0.29, 0.717) is 0 Å². The molecule has 0 spiro atoms. The zero-order valence-electron chi connectivity index (χ0n) is 12.2. The van der Waals surface area contributed by atoms with Crippen LogP contribution in [0.15, 0.2) is 48.5 Å². The van der Waals surface area contributed by atoms with Crippen LogP contribution in [0.3, 0.4) is 0 Å². The van der Waals surface area contributed by atoms with Crippen LogP contribution >= 0.6 is 0 Å². The van der Waals surface area contributed by atoms with Gasteiger partial charge in [0.25, 0.3) is 0 Å². The molecule has 1 unspecified atom stereocenters. The Morgan fingerprint density at radius 1 is 1.10 bits per heavy atom. The van der Waals surface area contributed by atoms with E-state index in [2.05, 4.69) is 43.4 Å². The SMILES string of the molecule is CCNC(CCc1cccc(C)c1)c1ccccc1F. The van der Waals surface area contributed by atoms with Crippen LogP contribution in [-0.4, -0.2) is 6.54 Å². The van der Waals surface area contributed by atoms with Crippen LogP contribution in [0.5, 0.6) is 0 Å². The fraction of sp³-hybridized carbons (Fsp3) is 0.333. The van der Waals surface area contributed by atoms with Gasteiger partial charge in [0.15, 0.2) is 0 Å². The van der Waals surface area contributed by atoms with Crippen molar-refractivity contribution >= 4 is 0 Å². The molecule has 0 saturated heterocycles. The smallest absolute Gasteiger partial charge is 0.127 e. The lowest BCUT2D eigenvalue weighted by Crippen LogP contribution is -2.22. The fourth-order valence-corrected chi connectivity index (χ4v) is 2.55. The van der Waals surface area contributed by atoms with E-state index in [1.54, 1.807) is 6.07 Å². The van der Waals surface area contributed by atoms with E-state index < -0.39 is 0 Å². The maximum absolute atomic E-state index is 13.9. The molecule has 0 amide bonds. The van der Waals surface area contributed by atoms with E-state index in [4.69, 9.17) is 0 Å². The van der Waals surface area contributed by atoms with Gasteiger partial charge < -0.3 is 5.32 Å². The summed E-state index contributed by atoms with van der Waals surface area (Å²) in [5, 5.41) is 3.38. The monoisotopic (exact) mass is 271 g/mol. The number of halogens is 1. The van der Waals surface area contributed by atoms with Gasteiger partial charge in [-0.05, 0) is 37.9 Å². The summed E-state index contributed by atoms with van der Waals surface area (Å²) >= 11 is 0. The van der Waals surface area contributed by atoms with Crippen molar-refractivity contribution in [1.29, 1.82) is 0 Å². The van der Waals surface area contributed by atoms with Crippen molar-refractivity contribution in [1.82, 2.24) is 5.32 Å². The second kappa shape index (κ2) is 7.20. The van der Waals surface area contributed by atoms with Crippen molar-refractivity contribution < 1.29 is 4.39 Å². The second-order valence-electron chi connectivity index (χ2n) is 5.16. The molecule has 20 heavy (non-hydrogen) atoms. The average molecular weight is 271 g/mol. The molecule has 1 nitrogen and oxygen atoms in total. The minimum absolute atomic E-state index is 0.0710. The first-order valence-corrected chi connectivity index (χ1v) is 7.24. The van der Waals surface area contributed by atoms with Crippen LogP contribution in [0.2, 0.25) is 0 Å². The Balaban J connectivity index is 2.08. The number of hydrogen-bond donors (Lipinski definition) is 1. The van der Waals surface area contributed by atoms with Gasteiger partial charge in [-0.3, -0.25) is 0 Å². The van der Waals surface area contributed by atoms with Crippen molar-refractivity contribution in [3.63, 3.8) is 0 Å². The predicted octanol–water partition coefficient (Wildman–Crippen LogP) is 4.42. The van der Waals surface area contributed by atoms with E-state index >= 15 is 0 Å². The van der Waals surface area contributed by atoms with Gasteiger partial charge in [0, 0.05) is 11.6 Å². The lowest BCUT2D eigenvalue weighted by Gasteiger charge is -2.19. The average Bonchev–Trinajstić information content (AvgIpc) is 2.44. The number of nitrogens with one attached hydrogen (secondary N) is 1. The molecule has 0 aliphatic rings. The van der Waals surface area contributed by atoms with Gasteiger partial charge in [-0.1, -0.05) is 55.0 Å². The van der Waals surface area contributed by atoms with Crippen LogP contribution < -0.4 is 5.32 Å². The summed E-state index contributed by atoms with van der Waals surface area (Å²) in [6.45, 7) is 5.00. The summed E-state index contributed by atoms with van der Waals surface area (Å²) < 4.78 is 13.9. The Bertz CT molecular complexity index is 551. The first kappa shape index (κ1) is 14.7. The Hall–Kier alpha value is -1.67. The summed E-state index contributed by atoms with van der Waals surface area (Å²) in [4.78, 5) is 0. The van der Waals surface area contributed by atoms with Crippen molar-refractivity contribution in [2.75, 3.05) is 6.54 Å². The predicted molar refractivity (Wildman–Crippen MR) is 82.3 cm³/mol. The van der Waals surface area contributed by atoms with E-state index in [0.717, 1.165) is 24.9 Å². The zero-order chi connectivity index (χ0) is 14.4. The number of aryl methyl sites for hydroxylation is 2.